The summed E-state index contributed by atoms with van der Waals surface area (Å²) in [6.07, 6.45) is 7.80. The van der Waals surface area contributed by atoms with Gasteiger partial charge in [-0.15, -0.1) is 0 Å². The lowest BCUT2D eigenvalue weighted by molar-refractivity contribution is 0.119. The predicted octanol–water partition coefficient (Wildman–Crippen LogP) is 3.91. The fraction of sp³-hybridized carbons (Fsp3) is 0.667. The molecule has 0 saturated heterocycles. The van der Waals surface area contributed by atoms with Crippen LogP contribution in [-0.2, 0) is 6.42 Å². The van der Waals surface area contributed by atoms with Crippen molar-refractivity contribution in [3.8, 4) is 11.5 Å². The third-order valence-corrected chi connectivity index (χ3v) is 5.29. The van der Waals surface area contributed by atoms with Crippen molar-refractivity contribution >= 4 is 0 Å². The summed E-state index contributed by atoms with van der Waals surface area (Å²) in [6.45, 7) is 6.18. The Hall–Kier alpha value is -1.22. The summed E-state index contributed by atoms with van der Waals surface area (Å²) >= 11 is 0. The summed E-state index contributed by atoms with van der Waals surface area (Å²) in [5.74, 6) is 1.77. The lowest BCUT2D eigenvalue weighted by Gasteiger charge is -2.42. The van der Waals surface area contributed by atoms with Crippen LogP contribution in [0.25, 0.3) is 0 Å². The molecule has 1 aromatic rings. The van der Waals surface area contributed by atoms with E-state index in [2.05, 4.69) is 31.3 Å². The van der Waals surface area contributed by atoms with E-state index in [9.17, 15) is 0 Å². The van der Waals surface area contributed by atoms with Gasteiger partial charge in [-0.1, -0.05) is 19.4 Å². The molecule has 1 aliphatic heterocycles. The van der Waals surface area contributed by atoms with E-state index in [4.69, 9.17) is 9.47 Å². The van der Waals surface area contributed by atoms with Crippen molar-refractivity contribution in [3.05, 3.63) is 23.8 Å². The number of hydrogen-bond acceptors (Lipinski definition) is 3. The molecule has 0 radical (unpaired) electrons. The van der Waals surface area contributed by atoms with Gasteiger partial charge in [-0.2, -0.15) is 0 Å². The third-order valence-electron chi connectivity index (χ3n) is 5.29. The van der Waals surface area contributed by atoms with Crippen molar-refractivity contribution in [1.29, 1.82) is 0 Å². The number of hydrogen-bond donors (Lipinski definition) is 1. The number of ether oxygens (including phenoxy) is 2. The zero-order chi connectivity index (χ0) is 14.7. The average Bonchev–Trinajstić information content (AvgIpc) is 2.92. The summed E-state index contributed by atoms with van der Waals surface area (Å²) in [5, 5.41) is 3.74. The maximum atomic E-state index is 5.44. The van der Waals surface area contributed by atoms with E-state index in [1.807, 2.05) is 6.07 Å². The number of aryl methyl sites for hydroxylation is 1. The number of rotatable bonds is 7. The van der Waals surface area contributed by atoms with Crippen LogP contribution in [0.2, 0.25) is 0 Å². The Morgan fingerprint density at radius 2 is 2.05 bits per heavy atom. The molecule has 1 N–H and O–H groups in total. The first-order valence-corrected chi connectivity index (χ1v) is 8.33. The molecule has 0 bridgehead atoms. The molecule has 3 nitrogen and oxygen atoms in total. The molecule has 1 aromatic carbocycles. The van der Waals surface area contributed by atoms with Gasteiger partial charge in [-0.3, -0.25) is 0 Å². The minimum Gasteiger partial charge on any atom is -0.454 e. The highest BCUT2D eigenvalue weighted by molar-refractivity contribution is 5.44. The maximum absolute atomic E-state index is 5.44. The highest BCUT2D eigenvalue weighted by Gasteiger charge is 2.34. The second-order valence-electron chi connectivity index (χ2n) is 6.72. The van der Waals surface area contributed by atoms with Crippen molar-refractivity contribution in [3.63, 3.8) is 0 Å². The first-order valence-electron chi connectivity index (χ1n) is 8.33. The van der Waals surface area contributed by atoms with Crippen LogP contribution < -0.4 is 14.8 Å². The predicted molar refractivity (Wildman–Crippen MR) is 84.9 cm³/mol. The van der Waals surface area contributed by atoms with Gasteiger partial charge in [-0.05, 0) is 62.1 Å². The molecular weight excluding hydrogens is 262 g/mol. The molecule has 0 amide bonds. The number of benzene rings is 1. The zero-order valence-corrected chi connectivity index (χ0v) is 13.3. The van der Waals surface area contributed by atoms with Crippen molar-refractivity contribution in [1.82, 2.24) is 5.32 Å². The average molecular weight is 289 g/mol. The molecule has 3 rings (SSSR count). The zero-order valence-electron chi connectivity index (χ0n) is 13.3. The molecule has 1 aliphatic carbocycles. The summed E-state index contributed by atoms with van der Waals surface area (Å²) in [4.78, 5) is 0. The molecule has 0 spiro atoms. The fourth-order valence-corrected chi connectivity index (χ4v) is 3.30. The summed E-state index contributed by atoms with van der Waals surface area (Å²) in [7, 11) is 0. The van der Waals surface area contributed by atoms with Crippen molar-refractivity contribution in [2.75, 3.05) is 13.3 Å². The van der Waals surface area contributed by atoms with Gasteiger partial charge in [0.05, 0.1) is 0 Å². The lowest BCUT2D eigenvalue weighted by Crippen LogP contribution is -2.42. The first-order chi connectivity index (χ1) is 10.2. The summed E-state index contributed by atoms with van der Waals surface area (Å²) in [6, 6.07) is 6.86. The Bertz CT molecular complexity index is 477. The monoisotopic (exact) mass is 289 g/mol. The van der Waals surface area contributed by atoms with Crippen LogP contribution in [0, 0.1) is 5.41 Å². The Morgan fingerprint density at radius 3 is 2.76 bits per heavy atom. The van der Waals surface area contributed by atoms with E-state index in [0.29, 0.717) is 18.2 Å². The van der Waals surface area contributed by atoms with E-state index in [1.165, 1.54) is 44.2 Å². The Balaban J connectivity index is 1.44. The Morgan fingerprint density at radius 1 is 1.24 bits per heavy atom. The minimum atomic E-state index is 0.357. The molecule has 1 atom stereocenters. The molecule has 1 fully saturated rings. The van der Waals surface area contributed by atoms with Gasteiger partial charge < -0.3 is 14.8 Å². The van der Waals surface area contributed by atoms with E-state index < -0.39 is 0 Å². The largest absolute Gasteiger partial charge is 0.454 e. The second-order valence-corrected chi connectivity index (χ2v) is 6.72. The van der Waals surface area contributed by atoms with Crippen LogP contribution >= 0.6 is 0 Å². The fourth-order valence-electron chi connectivity index (χ4n) is 3.30. The SMILES string of the molecule is CCC1(CNC(C)CCc2ccc3c(c2)OCO3)CCC1. The quantitative estimate of drug-likeness (QED) is 0.825. The van der Waals surface area contributed by atoms with E-state index in [0.717, 1.165) is 17.9 Å². The first kappa shape index (κ1) is 14.7. The smallest absolute Gasteiger partial charge is 0.231 e. The molecule has 0 aromatic heterocycles. The Labute approximate surface area is 128 Å². The minimum absolute atomic E-state index is 0.357. The number of nitrogens with one attached hydrogen (secondary N) is 1. The van der Waals surface area contributed by atoms with Crippen LogP contribution in [-0.4, -0.2) is 19.4 Å². The maximum Gasteiger partial charge on any atom is 0.231 e. The van der Waals surface area contributed by atoms with Gasteiger partial charge >= 0.3 is 0 Å². The normalized spacial score (nSPS) is 20.1. The Kier molecular flexibility index (Phi) is 4.39. The summed E-state index contributed by atoms with van der Waals surface area (Å²) in [5.41, 5.74) is 1.94. The second kappa shape index (κ2) is 6.27. The van der Waals surface area contributed by atoms with Crippen LogP contribution in [0.4, 0.5) is 0 Å². The van der Waals surface area contributed by atoms with Crippen molar-refractivity contribution < 1.29 is 9.47 Å². The molecule has 116 valence electrons. The van der Waals surface area contributed by atoms with Crippen molar-refractivity contribution in [2.24, 2.45) is 5.41 Å². The highest BCUT2D eigenvalue weighted by atomic mass is 16.7. The molecule has 1 heterocycles. The molecule has 21 heavy (non-hydrogen) atoms. The van der Waals surface area contributed by atoms with Gasteiger partial charge in [0.2, 0.25) is 6.79 Å². The number of fused-ring (bicyclic) bond motifs is 1. The van der Waals surface area contributed by atoms with E-state index in [1.54, 1.807) is 0 Å². The van der Waals surface area contributed by atoms with E-state index in [-0.39, 0.29) is 0 Å². The standard InChI is InChI=1S/C18H27NO2/c1-3-18(9-4-10-18)12-19-14(2)5-6-15-7-8-16-17(11-15)21-13-20-16/h7-8,11,14,19H,3-6,9-10,12-13H2,1-2H3. The van der Waals surface area contributed by atoms with Gasteiger partial charge in [0, 0.05) is 12.6 Å². The molecule has 1 saturated carbocycles. The topological polar surface area (TPSA) is 30.5 Å². The van der Waals surface area contributed by atoms with Crippen LogP contribution in [0.3, 0.4) is 0 Å². The van der Waals surface area contributed by atoms with Gasteiger partial charge in [0.1, 0.15) is 0 Å². The highest BCUT2D eigenvalue weighted by Crippen LogP contribution is 2.43. The molecule has 1 unspecified atom stereocenters. The van der Waals surface area contributed by atoms with Crippen LogP contribution in [0.15, 0.2) is 18.2 Å². The van der Waals surface area contributed by atoms with Gasteiger partial charge in [-0.25, -0.2) is 0 Å². The molecule has 2 aliphatic rings. The third kappa shape index (κ3) is 3.34. The lowest BCUT2D eigenvalue weighted by atomic mass is 9.67. The van der Waals surface area contributed by atoms with E-state index >= 15 is 0 Å². The van der Waals surface area contributed by atoms with Crippen LogP contribution in [0.1, 0.15) is 51.5 Å². The van der Waals surface area contributed by atoms with Crippen molar-refractivity contribution in [2.45, 2.75) is 58.4 Å². The van der Waals surface area contributed by atoms with Gasteiger partial charge in [0.15, 0.2) is 11.5 Å². The van der Waals surface area contributed by atoms with Gasteiger partial charge in [0.25, 0.3) is 0 Å². The molecular formula is C18H27NO2. The molecule has 3 heteroatoms. The summed E-state index contributed by atoms with van der Waals surface area (Å²) < 4.78 is 10.8. The van der Waals surface area contributed by atoms with Crippen LogP contribution in [0.5, 0.6) is 11.5 Å².